The van der Waals surface area contributed by atoms with Crippen molar-refractivity contribution in [3.63, 3.8) is 0 Å². The van der Waals surface area contributed by atoms with Gasteiger partial charge in [-0.25, -0.2) is 9.78 Å². The first-order valence-electron chi connectivity index (χ1n) is 8.16. The Bertz CT molecular complexity index is 952. The Morgan fingerprint density at radius 2 is 2.10 bits per heavy atom. The van der Waals surface area contributed by atoms with Crippen molar-refractivity contribution in [2.45, 2.75) is 19.5 Å². The van der Waals surface area contributed by atoms with Gasteiger partial charge in [-0.3, -0.25) is 4.79 Å². The molecule has 0 fully saturated rings. The van der Waals surface area contributed by atoms with Gasteiger partial charge in [-0.05, 0) is 30.7 Å². The molecule has 2 aromatic rings. The summed E-state index contributed by atoms with van der Waals surface area (Å²) in [6.45, 7) is -1.83. The average Bonchev–Trinajstić information content (AvgIpc) is 3.11. The normalized spacial score (nSPS) is 11.9. The second kappa shape index (κ2) is 10.3. The zero-order valence-corrected chi connectivity index (χ0v) is 16.2. The highest BCUT2D eigenvalue weighted by Gasteiger charge is 2.24. The van der Waals surface area contributed by atoms with Crippen molar-refractivity contribution in [2.75, 3.05) is 13.7 Å². The molecule has 1 aromatic heterocycles. The number of hydrogen-bond donors (Lipinski definition) is 0. The molecule has 0 unspecified atom stereocenters. The molecule has 0 amide bonds. The quantitative estimate of drug-likeness (QED) is 0.451. The van der Waals surface area contributed by atoms with Gasteiger partial charge in [0.05, 0.1) is 13.2 Å². The van der Waals surface area contributed by atoms with Crippen molar-refractivity contribution in [1.29, 1.82) is 5.26 Å². The van der Waals surface area contributed by atoms with Gasteiger partial charge in [-0.15, -0.1) is 11.3 Å². The SMILES string of the molecule is COc1cc(/C=C/C(=O)OCC(=O)[C@@H](C#N)c2nc(C)cs2)ccc1OC(F)F. The van der Waals surface area contributed by atoms with Crippen LogP contribution in [0.2, 0.25) is 0 Å². The van der Waals surface area contributed by atoms with Gasteiger partial charge in [0.25, 0.3) is 0 Å². The zero-order chi connectivity index (χ0) is 21.4. The molecule has 0 bridgehead atoms. The molecule has 7 nitrogen and oxygen atoms in total. The second-order valence-electron chi connectivity index (χ2n) is 5.59. The smallest absolute Gasteiger partial charge is 0.387 e. The number of aryl methyl sites for hydroxylation is 1. The summed E-state index contributed by atoms with van der Waals surface area (Å²) in [7, 11) is 1.29. The molecule has 152 valence electrons. The molecule has 0 saturated heterocycles. The molecular formula is C19H16F2N2O5S. The molecule has 0 radical (unpaired) electrons. The van der Waals surface area contributed by atoms with Crippen molar-refractivity contribution < 1.29 is 32.6 Å². The monoisotopic (exact) mass is 422 g/mol. The van der Waals surface area contributed by atoms with Crippen LogP contribution >= 0.6 is 11.3 Å². The maximum absolute atomic E-state index is 12.3. The number of aromatic nitrogens is 1. The van der Waals surface area contributed by atoms with E-state index in [0.717, 1.165) is 6.08 Å². The second-order valence-corrected chi connectivity index (χ2v) is 6.48. The summed E-state index contributed by atoms with van der Waals surface area (Å²) in [4.78, 5) is 28.0. The van der Waals surface area contributed by atoms with Crippen LogP contribution in [0.3, 0.4) is 0 Å². The lowest BCUT2D eigenvalue weighted by Crippen LogP contribution is -2.19. The predicted molar refractivity (Wildman–Crippen MR) is 99.8 cm³/mol. The maximum Gasteiger partial charge on any atom is 0.387 e. The number of rotatable bonds is 9. The summed E-state index contributed by atoms with van der Waals surface area (Å²) >= 11 is 1.18. The first kappa shape index (κ1) is 22.0. The topological polar surface area (TPSA) is 98.5 Å². The summed E-state index contributed by atoms with van der Waals surface area (Å²) in [6, 6.07) is 5.95. The predicted octanol–water partition coefficient (Wildman–Crippen LogP) is 3.49. The van der Waals surface area contributed by atoms with Crippen LogP contribution in [0.15, 0.2) is 29.7 Å². The van der Waals surface area contributed by atoms with Crippen LogP contribution in [0.5, 0.6) is 11.5 Å². The summed E-state index contributed by atoms with van der Waals surface area (Å²) in [5.74, 6) is -2.58. The number of Topliss-reactive ketones (excluding diaryl/α,β-unsaturated/α-hetero) is 1. The minimum Gasteiger partial charge on any atom is -0.493 e. The number of methoxy groups -OCH3 is 1. The molecule has 1 aromatic carbocycles. The third kappa shape index (κ3) is 6.36. The van der Waals surface area contributed by atoms with Crippen LogP contribution in [0, 0.1) is 18.3 Å². The highest BCUT2D eigenvalue weighted by molar-refractivity contribution is 7.09. The summed E-state index contributed by atoms with van der Waals surface area (Å²) in [6.07, 6.45) is 2.41. The minimum absolute atomic E-state index is 0.0617. The van der Waals surface area contributed by atoms with Crippen molar-refractivity contribution in [3.05, 3.63) is 45.9 Å². The Labute approximate surface area is 169 Å². The van der Waals surface area contributed by atoms with E-state index in [4.69, 9.17) is 9.47 Å². The highest BCUT2D eigenvalue weighted by Crippen LogP contribution is 2.29. The number of ketones is 1. The average molecular weight is 422 g/mol. The van der Waals surface area contributed by atoms with E-state index in [0.29, 0.717) is 16.3 Å². The van der Waals surface area contributed by atoms with Gasteiger partial charge in [0.1, 0.15) is 5.01 Å². The number of alkyl halides is 2. The van der Waals surface area contributed by atoms with Gasteiger partial charge in [-0.2, -0.15) is 14.0 Å². The number of nitrogens with zero attached hydrogens (tertiary/aromatic N) is 2. The van der Waals surface area contributed by atoms with Gasteiger partial charge in [0.2, 0.25) is 0 Å². The molecular weight excluding hydrogens is 406 g/mol. The summed E-state index contributed by atoms with van der Waals surface area (Å²) in [5.41, 5.74) is 1.15. The molecule has 0 aliphatic carbocycles. The van der Waals surface area contributed by atoms with Gasteiger partial charge in [0.15, 0.2) is 29.8 Å². The van der Waals surface area contributed by atoms with Gasteiger partial charge >= 0.3 is 12.6 Å². The standard InChI is InChI=1S/C19H16F2N2O5S/c1-11-10-29-18(23-11)13(8-22)14(24)9-27-17(25)6-4-12-3-5-15(28-19(20)21)16(7-12)26-2/h3-7,10,13,19H,9H2,1-2H3/b6-4+/t13-/m1/s1. The van der Waals surface area contributed by atoms with Crippen LogP contribution < -0.4 is 9.47 Å². The molecule has 10 heteroatoms. The third-order valence-electron chi connectivity index (χ3n) is 3.51. The Morgan fingerprint density at radius 1 is 1.34 bits per heavy atom. The first-order chi connectivity index (χ1) is 13.8. The van der Waals surface area contributed by atoms with E-state index < -0.39 is 30.9 Å². The molecule has 29 heavy (non-hydrogen) atoms. The number of hydrogen-bond acceptors (Lipinski definition) is 8. The molecule has 0 spiro atoms. The summed E-state index contributed by atoms with van der Waals surface area (Å²) < 4.78 is 38.8. The van der Waals surface area contributed by atoms with Crippen LogP contribution in [-0.4, -0.2) is 37.1 Å². The number of benzene rings is 1. The van der Waals surface area contributed by atoms with E-state index in [1.807, 2.05) is 6.07 Å². The Hall–Kier alpha value is -3.32. The number of esters is 1. The van der Waals surface area contributed by atoms with Crippen molar-refractivity contribution in [3.8, 4) is 17.6 Å². The number of thiazole rings is 1. The fourth-order valence-corrected chi connectivity index (χ4v) is 3.05. The van der Waals surface area contributed by atoms with E-state index in [2.05, 4.69) is 9.72 Å². The lowest BCUT2D eigenvalue weighted by molar-refractivity contribution is -0.143. The van der Waals surface area contributed by atoms with Crippen molar-refractivity contribution in [2.24, 2.45) is 0 Å². The Morgan fingerprint density at radius 3 is 2.69 bits per heavy atom. The highest BCUT2D eigenvalue weighted by atomic mass is 32.1. The minimum atomic E-state index is -3.00. The van der Waals surface area contributed by atoms with E-state index in [1.165, 1.54) is 42.7 Å². The summed E-state index contributed by atoms with van der Waals surface area (Å²) in [5, 5.41) is 11.2. The van der Waals surface area contributed by atoms with Gasteiger partial charge < -0.3 is 14.2 Å². The molecule has 0 N–H and O–H groups in total. The van der Waals surface area contributed by atoms with E-state index >= 15 is 0 Å². The Balaban J connectivity index is 1.95. The molecule has 0 aliphatic heterocycles. The van der Waals surface area contributed by atoms with Crippen LogP contribution in [0.4, 0.5) is 8.78 Å². The first-order valence-corrected chi connectivity index (χ1v) is 9.04. The fraction of sp³-hybridized carbons (Fsp3) is 0.263. The Kier molecular flexibility index (Phi) is 7.79. The van der Waals surface area contributed by atoms with Gasteiger partial charge in [-0.1, -0.05) is 6.07 Å². The third-order valence-corrected chi connectivity index (χ3v) is 4.53. The lowest BCUT2D eigenvalue weighted by Gasteiger charge is -2.10. The molecule has 2 rings (SSSR count). The fourth-order valence-electron chi connectivity index (χ4n) is 2.19. The number of carbonyl (C=O) groups is 2. The number of nitriles is 1. The van der Waals surface area contributed by atoms with Gasteiger partial charge in [0, 0.05) is 17.2 Å². The number of ether oxygens (including phenoxy) is 3. The molecule has 1 atom stereocenters. The van der Waals surface area contributed by atoms with Crippen LogP contribution in [0.1, 0.15) is 22.2 Å². The van der Waals surface area contributed by atoms with E-state index in [9.17, 15) is 23.6 Å². The largest absolute Gasteiger partial charge is 0.493 e. The van der Waals surface area contributed by atoms with Crippen molar-refractivity contribution >= 4 is 29.2 Å². The van der Waals surface area contributed by atoms with Crippen LogP contribution in [0.25, 0.3) is 6.08 Å². The maximum atomic E-state index is 12.3. The lowest BCUT2D eigenvalue weighted by atomic mass is 10.1. The molecule has 1 heterocycles. The van der Waals surface area contributed by atoms with E-state index in [1.54, 1.807) is 12.3 Å². The van der Waals surface area contributed by atoms with Crippen molar-refractivity contribution in [1.82, 2.24) is 4.98 Å². The number of carbonyl (C=O) groups excluding carboxylic acids is 2. The molecule has 0 aliphatic rings. The molecule has 0 saturated carbocycles. The number of halogens is 2. The van der Waals surface area contributed by atoms with Crippen LogP contribution in [-0.2, 0) is 14.3 Å². The zero-order valence-electron chi connectivity index (χ0n) is 15.4. The van der Waals surface area contributed by atoms with E-state index in [-0.39, 0.29) is 11.5 Å².